The number of aliphatic carboxylic acids is 1. The van der Waals surface area contributed by atoms with Gasteiger partial charge in [-0.15, -0.1) is 0 Å². The molecule has 0 saturated carbocycles. The largest absolute Gasteiger partial charge is 0.541 e. The highest BCUT2D eigenvalue weighted by Gasteiger charge is 2.49. The van der Waals surface area contributed by atoms with E-state index in [2.05, 4.69) is 51.8 Å². The van der Waals surface area contributed by atoms with Crippen LogP contribution in [0, 0.1) is 11.6 Å². The summed E-state index contributed by atoms with van der Waals surface area (Å²) >= 11 is 0. The van der Waals surface area contributed by atoms with Gasteiger partial charge in [0, 0.05) is 55.9 Å². The lowest BCUT2D eigenvalue weighted by atomic mass is 9.92. The lowest BCUT2D eigenvalue weighted by molar-refractivity contribution is -0.136. The van der Waals surface area contributed by atoms with Crippen LogP contribution in [0.2, 0.25) is 16.6 Å². The molecule has 18 heteroatoms. The number of rotatable bonds is 16. The van der Waals surface area contributed by atoms with Crippen LogP contribution in [0.3, 0.4) is 0 Å². The van der Waals surface area contributed by atoms with Crippen LogP contribution in [-0.4, -0.2) is 111 Å². The van der Waals surface area contributed by atoms with E-state index < -0.39 is 25.4 Å². The highest BCUT2D eigenvalue weighted by Crippen LogP contribution is 2.48. The summed E-state index contributed by atoms with van der Waals surface area (Å²) in [6.07, 6.45) is 4.11. The van der Waals surface area contributed by atoms with E-state index in [1.165, 1.54) is 29.2 Å². The number of phenolic OH excluding ortho intramolecular Hbond substituents is 1. The number of phenols is 1. The van der Waals surface area contributed by atoms with E-state index in [0.29, 0.717) is 69.2 Å². The Morgan fingerprint density at radius 3 is 1.55 bits per heavy atom. The van der Waals surface area contributed by atoms with E-state index in [9.17, 15) is 43.3 Å². The minimum absolute atomic E-state index is 0.0364. The number of aromatic nitrogens is 2. The first kappa shape index (κ1) is 59.4. The number of pyridine rings is 2. The number of fused-ring (bicyclic) bond motifs is 4. The lowest BCUT2D eigenvalue weighted by Gasteiger charge is -2.42. The number of carbonyl (C=O) groups is 4. The monoisotopic (exact) mass is 1080 g/mol. The van der Waals surface area contributed by atoms with E-state index in [1.54, 1.807) is 83.3 Å². The predicted molar refractivity (Wildman–Crippen MR) is 297 cm³/mol. The maximum atomic E-state index is 13.5. The molecule has 2 aromatic heterocycles. The molecule has 0 aliphatic carbocycles. The van der Waals surface area contributed by atoms with Gasteiger partial charge in [-0.3, -0.25) is 29.1 Å². The summed E-state index contributed by atoms with van der Waals surface area (Å²) in [4.78, 5) is 63.4. The zero-order chi connectivity index (χ0) is 57.1. The van der Waals surface area contributed by atoms with Crippen molar-refractivity contribution in [1.29, 1.82) is 0 Å². The summed E-state index contributed by atoms with van der Waals surface area (Å²) in [6.45, 7) is 20.5. The maximum absolute atomic E-state index is 13.5. The van der Waals surface area contributed by atoms with Crippen molar-refractivity contribution >= 4 is 53.8 Å². The number of hydrogen-bond acceptors (Lipinski definition) is 11. The highest BCUT2D eigenvalue weighted by molar-refractivity contribution is 6.78. The van der Waals surface area contributed by atoms with E-state index in [4.69, 9.17) is 20.3 Å². The molecule has 6 aromatic rings. The van der Waals surface area contributed by atoms with Crippen molar-refractivity contribution in [3.63, 3.8) is 0 Å². The first-order chi connectivity index (χ1) is 36.0. The number of benzene rings is 4. The standard InChI is InChI=1S/C30H37FN2O4Si.C25H26FN3O4.C4H11NO/c1-17(2)38(18(3)4,19(5)6)37-29-27-25(16-33(7)30(27)36)23(14-26(34)35)24-13-21(15-32-28(24)29)12-20-8-10-22(31)11-9-20;1-25(2,13-30)28-20(31)10-17-18-9-15(8-14-4-6-16(26)7-5-14)11-27-22(18)23(32)21-19(17)12-29(3)24(21)33;1-4(2,5)3-6/h8-11,13,15,17-19H,12,14,16H2,1-7H3,(H,34,35);4-7,9,11,30,32H,8,10,12-13H2,1-3H3,(H,28,31);6H,3,5H2,1-2H3. The van der Waals surface area contributed by atoms with Crippen molar-refractivity contribution < 1.29 is 52.8 Å². The number of aliphatic hydroxyl groups excluding tert-OH is 2. The molecular weight excluding hydrogens is 1000 g/mol. The Hall–Kier alpha value is -6.86. The number of carboxylic acid groups (broad SMARTS) is 1. The molecule has 0 unspecified atom stereocenters. The second kappa shape index (κ2) is 23.8. The molecule has 3 amide bonds. The number of carbonyl (C=O) groups excluding carboxylic acids is 3. The summed E-state index contributed by atoms with van der Waals surface area (Å²) in [7, 11) is 0.894. The summed E-state index contributed by atoms with van der Waals surface area (Å²) in [5.74, 6) is -2.08. The molecule has 0 spiro atoms. The number of aromatic hydroxyl groups is 1. The van der Waals surface area contributed by atoms with Gasteiger partial charge in [0.15, 0.2) is 5.75 Å². The quantitative estimate of drug-likeness (QED) is 0.0499. The molecule has 412 valence electrons. The fourth-order valence-electron chi connectivity index (χ4n) is 10.5. The van der Waals surface area contributed by atoms with Crippen LogP contribution in [0.4, 0.5) is 8.78 Å². The normalized spacial score (nSPS) is 13.5. The van der Waals surface area contributed by atoms with Gasteiger partial charge < -0.3 is 45.7 Å². The smallest absolute Gasteiger partial charge is 0.307 e. The average molecular weight is 1080 g/mol. The molecule has 15 nitrogen and oxygen atoms in total. The van der Waals surface area contributed by atoms with Gasteiger partial charge in [0.05, 0.1) is 42.7 Å². The molecular formula is C59H74F2N6O9Si. The van der Waals surface area contributed by atoms with Crippen molar-refractivity contribution in [3.05, 3.63) is 140 Å². The number of nitrogens with one attached hydrogen (secondary N) is 1. The Kier molecular flexibility index (Phi) is 18.4. The lowest BCUT2D eigenvalue weighted by Crippen LogP contribution is -2.51. The maximum Gasteiger partial charge on any atom is 0.307 e. The summed E-state index contributed by atoms with van der Waals surface area (Å²) < 4.78 is 33.8. The zero-order valence-corrected chi connectivity index (χ0v) is 47.3. The molecule has 2 aliphatic heterocycles. The third-order valence-corrected chi connectivity index (χ3v) is 20.2. The van der Waals surface area contributed by atoms with Gasteiger partial charge in [-0.25, -0.2) is 8.78 Å². The van der Waals surface area contributed by atoms with Crippen LogP contribution < -0.4 is 15.5 Å². The van der Waals surface area contributed by atoms with Crippen molar-refractivity contribution in [1.82, 2.24) is 25.1 Å². The third-order valence-electron chi connectivity index (χ3n) is 14.3. The predicted octanol–water partition coefficient (Wildman–Crippen LogP) is 9.13. The number of hydrogen-bond donors (Lipinski definition) is 6. The van der Waals surface area contributed by atoms with E-state index in [0.717, 1.165) is 22.3 Å². The molecule has 2 aliphatic rings. The van der Waals surface area contributed by atoms with Crippen molar-refractivity contribution in [3.8, 4) is 11.5 Å². The molecule has 0 radical (unpaired) electrons. The molecule has 4 aromatic carbocycles. The van der Waals surface area contributed by atoms with Gasteiger partial charge in [0.25, 0.3) is 20.1 Å². The Morgan fingerprint density at radius 1 is 0.701 bits per heavy atom. The molecule has 7 N–H and O–H groups in total. The van der Waals surface area contributed by atoms with Gasteiger partial charge in [-0.2, -0.15) is 0 Å². The van der Waals surface area contributed by atoms with Crippen LogP contribution >= 0.6 is 0 Å². The van der Waals surface area contributed by atoms with E-state index >= 15 is 0 Å². The number of carboxylic acids is 1. The van der Waals surface area contributed by atoms with Crippen LogP contribution in [0.1, 0.15) is 134 Å². The SMILES string of the molecule is CC(C)(N)CO.CC(C)[Si](Oc1c2c(c(CC(=O)O)c3cc(Cc4ccc(F)cc4)cnc13)CN(C)C2=O)(C(C)C)C(C)C.CN1Cc2c(c(O)c3ncc(Cc4ccc(F)cc4)cc3c2CC(=O)NC(C)(C)CO)C1=O. The van der Waals surface area contributed by atoms with Gasteiger partial charge >= 0.3 is 5.97 Å². The Labute approximate surface area is 450 Å². The van der Waals surface area contributed by atoms with Crippen LogP contribution in [-0.2, 0) is 48.4 Å². The number of amides is 3. The van der Waals surface area contributed by atoms with Crippen LogP contribution in [0.15, 0.2) is 73.1 Å². The van der Waals surface area contributed by atoms with Crippen molar-refractivity contribution in [2.45, 2.75) is 136 Å². The topological polar surface area (TPSA) is 229 Å². The Balaban J connectivity index is 0.000000227. The summed E-state index contributed by atoms with van der Waals surface area (Å²) in [6, 6.07) is 16.3. The van der Waals surface area contributed by atoms with Crippen LogP contribution in [0.5, 0.6) is 11.5 Å². The number of halogens is 2. The number of nitrogens with two attached hydrogens (primary N) is 1. The summed E-state index contributed by atoms with van der Waals surface area (Å²) in [5, 5.41) is 42.6. The molecule has 0 fully saturated rings. The molecule has 4 heterocycles. The molecule has 0 bridgehead atoms. The van der Waals surface area contributed by atoms with Crippen LogP contribution in [0.25, 0.3) is 21.8 Å². The first-order valence-electron chi connectivity index (χ1n) is 25.9. The second-order valence-electron chi connectivity index (χ2n) is 22.7. The second-order valence-corrected chi connectivity index (χ2v) is 28.0. The fourth-order valence-corrected chi connectivity index (χ4v) is 15.7. The minimum Gasteiger partial charge on any atom is -0.541 e. The fraction of sp³-hybridized carbons (Fsp3) is 0.424. The van der Waals surface area contributed by atoms with E-state index in [1.807, 2.05) is 12.1 Å². The number of nitrogens with zero attached hydrogens (tertiary/aromatic N) is 4. The molecule has 0 atom stereocenters. The zero-order valence-electron chi connectivity index (χ0n) is 46.3. The molecule has 77 heavy (non-hydrogen) atoms. The first-order valence-corrected chi connectivity index (χ1v) is 28.0. The third kappa shape index (κ3) is 13.3. The van der Waals surface area contributed by atoms with Crippen molar-refractivity contribution in [2.75, 3.05) is 27.3 Å². The summed E-state index contributed by atoms with van der Waals surface area (Å²) in [5.41, 5.74) is 12.4. The molecule has 8 rings (SSSR count). The van der Waals surface area contributed by atoms with Gasteiger partial charge in [0.2, 0.25) is 5.91 Å². The molecule has 0 saturated heterocycles. The van der Waals surface area contributed by atoms with Gasteiger partial charge in [-0.05, 0) is 138 Å². The van der Waals surface area contributed by atoms with Crippen molar-refractivity contribution in [2.24, 2.45) is 5.73 Å². The van der Waals surface area contributed by atoms with Gasteiger partial charge in [-0.1, -0.05) is 65.8 Å². The van der Waals surface area contributed by atoms with Gasteiger partial charge in [0.1, 0.15) is 28.4 Å². The van der Waals surface area contributed by atoms with E-state index in [-0.39, 0.29) is 95.4 Å². The number of aliphatic hydroxyl groups is 2. The average Bonchev–Trinajstić information content (AvgIpc) is 3.96. The Bertz CT molecular complexity index is 3160. The minimum atomic E-state index is -2.47. The Morgan fingerprint density at radius 2 is 1.12 bits per heavy atom. The highest BCUT2D eigenvalue weighted by atomic mass is 28.4.